The molecule has 1 unspecified atom stereocenters. The molecule has 1 aromatic carbocycles. The van der Waals surface area contributed by atoms with E-state index in [4.69, 9.17) is 14.0 Å². The smallest absolute Gasteiger partial charge is 0.263 e. The Morgan fingerprint density at radius 1 is 1.21 bits per heavy atom. The third-order valence-electron chi connectivity index (χ3n) is 3.97. The zero-order chi connectivity index (χ0) is 20.1. The lowest BCUT2D eigenvalue weighted by Gasteiger charge is -2.16. The summed E-state index contributed by atoms with van der Waals surface area (Å²) >= 11 is 0. The van der Waals surface area contributed by atoms with Crippen LogP contribution in [0.25, 0.3) is 10.9 Å². The summed E-state index contributed by atoms with van der Waals surface area (Å²) in [7, 11) is 0. The maximum absolute atomic E-state index is 14.4. The summed E-state index contributed by atoms with van der Waals surface area (Å²) in [4.78, 5) is 13.4. The standard InChI is InChI=1S/C20H16FN5O3/c1-2-28-25-11-13-5-7-22-17(8-13)19(20-26-24-12-27-20)29-15-9-14-4-3-6-23-18(14)16(21)10-15/h3-12,19H,2H2,1H3/b25-11+. The first-order chi connectivity index (χ1) is 14.2. The van der Waals surface area contributed by atoms with Gasteiger partial charge in [-0.05, 0) is 36.8 Å². The van der Waals surface area contributed by atoms with Gasteiger partial charge in [-0.1, -0.05) is 11.2 Å². The van der Waals surface area contributed by atoms with Crippen LogP contribution in [0, 0.1) is 5.82 Å². The lowest BCUT2D eigenvalue weighted by atomic mass is 10.1. The summed E-state index contributed by atoms with van der Waals surface area (Å²) in [5.74, 6) is -0.0302. The molecule has 0 aliphatic rings. The topological polar surface area (TPSA) is 95.5 Å². The number of aromatic nitrogens is 4. The molecule has 0 spiro atoms. The fraction of sp³-hybridized carbons (Fsp3) is 0.150. The molecule has 0 aliphatic carbocycles. The molecule has 4 rings (SSSR count). The number of fused-ring (bicyclic) bond motifs is 1. The van der Waals surface area contributed by atoms with Gasteiger partial charge in [0.25, 0.3) is 5.89 Å². The van der Waals surface area contributed by atoms with Gasteiger partial charge in [-0.15, -0.1) is 10.2 Å². The molecule has 9 heteroatoms. The first-order valence-electron chi connectivity index (χ1n) is 8.83. The van der Waals surface area contributed by atoms with Crippen molar-refractivity contribution in [2.24, 2.45) is 5.16 Å². The molecule has 0 saturated carbocycles. The van der Waals surface area contributed by atoms with E-state index < -0.39 is 11.9 Å². The maximum atomic E-state index is 14.4. The van der Waals surface area contributed by atoms with Crippen LogP contribution in [0.4, 0.5) is 4.39 Å². The van der Waals surface area contributed by atoms with Crippen LogP contribution in [0.2, 0.25) is 0 Å². The summed E-state index contributed by atoms with van der Waals surface area (Å²) in [6.07, 6.45) is 5.04. The quantitative estimate of drug-likeness (QED) is 0.349. The minimum atomic E-state index is -0.841. The van der Waals surface area contributed by atoms with Gasteiger partial charge in [0.1, 0.15) is 17.9 Å². The summed E-state index contributed by atoms with van der Waals surface area (Å²) in [6, 6.07) is 9.94. The molecule has 0 fully saturated rings. The van der Waals surface area contributed by atoms with Gasteiger partial charge < -0.3 is 14.0 Å². The lowest BCUT2D eigenvalue weighted by molar-refractivity contribution is 0.160. The van der Waals surface area contributed by atoms with Crippen molar-refractivity contribution in [2.45, 2.75) is 13.0 Å². The highest BCUT2D eigenvalue weighted by atomic mass is 19.1. The van der Waals surface area contributed by atoms with E-state index in [9.17, 15) is 4.39 Å². The Labute approximate surface area is 165 Å². The van der Waals surface area contributed by atoms with Crippen molar-refractivity contribution >= 4 is 17.1 Å². The Balaban J connectivity index is 1.70. The highest BCUT2D eigenvalue weighted by Crippen LogP contribution is 2.29. The molecule has 3 aromatic heterocycles. The van der Waals surface area contributed by atoms with Crippen LogP contribution in [0.5, 0.6) is 5.75 Å². The van der Waals surface area contributed by atoms with Crippen LogP contribution in [-0.2, 0) is 4.84 Å². The van der Waals surface area contributed by atoms with Crippen molar-refractivity contribution in [2.75, 3.05) is 6.61 Å². The first-order valence-corrected chi connectivity index (χ1v) is 8.83. The second-order valence-corrected chi connectivity index (χ2v) is 5.92. The number of hydrogen-bond acceptors (Lipinski definition) is 8. The van der Waals surface area contributed by atoms with E-state index in [1.807, 2.05) is 6.92 Å². The van der Waals surface area contributed by atoms with Crippen molar-refractivity contribution in [3.05, 3.63) is 78.2 Å². The van der Waals surface area contributed by atoms with E-state index in [2.05, 4.69) is 25.3 Å². The summed E-state index contributed by atoms with van der Waals surface area (Å²) in [6.45, 7) is 2.30. The Hall–Kier alpha value is -3.88. The third-order valence-corrected chi connectivity index (χ3v) is 3.97. The summed E-state index contributed by atoms with van der Waals surface area (Å²) in [5, 5.41) is 12.1. The summed E-state index contributed by atoms with van der Waals surface area (Å²) in [5.41, 5.74) is 1.49. The second kappa shape index (κ2) is 8.42. The molecule has 146 valence electrons. The molecular weight excluding hydrogens is 377 g/mol. The van der Waals surface area contributed by atoms with Gasteiger partial charge in [0.05, 0.1) is 11.9 Å². The highest BCUT2D eigenvalue weighted by Gasteiger charge is 2.24. The minimum Gasteiger partial charge on any atom is -0.474 e. The van der Waals surface area contributed by atoms with Crippen LogP contribution in [0.15, 0.2) is 64.8 Å². The molecular formula is C20H16FN5O3. The molecule has 8 nitrogen and oxygen atoms in total. The molecule has 0 amide bonds. The van der Waals surface area contributed by atoms with Crippen LogP contribution >= 0.6 is 0 Å². The predicted octanol–water partition coefficient (Wildman–Crippen LogP) is 3.69. The van der Waals surface area contributed by atoms with Crippen molar-refractivity contribution < 1.29 is 18.4 Å². The van der Waals surface area contributed by atoms with Crippen molar-refractivity contribution in [1.29, 1.82) is 0 Å². The van der Waals surface area contributed by atoms with E-state index in [0.29, 0.717) is 17.7 Å². The van der Waals surface area contributed by atoms with E-state index in [0.717, 1.165) is 5.56 Å². The normalized spacial score (nSPS) is 12.3. The largest absolute Gasteiger partial charge is 0.474 e. The first kappa shape index (κ1) is 18.5. The van der Waals surface area contributed by atoms with Crippen molar-refractivity contribution in [3.63, 3.8) is 0 Å². The van der Waals surface area contributed by atoms with Crippen LogP contribution in [0.3, 0.4) is 0 Å². The number of pyridine rings is 2. The molecule has 29 heavy (non-hydrogen) atoms. The zero-order valence-electron chi connectivity index (χ0n) is 15.4. The van der Waals surface area contributed by atoms with Gasteiger partial charge in [-0.2, -0.15) is 0 Å². The Morgan fingerprint density at radius 2 is 2.14 bits per heavy atom. The molecule has 0 saturated heterocycles. The fourth-order valence-electron chi connectivity index (χ4n) is 2.72. The Bertz CT molecular complexity index is 1130. The molecule has 0 aliphatic heterocycles. The van der Waals surface area contributed by atoms with Gasteiger partial charge in [-0.3, -0.25) is 9.97 Å². The predicted molar refractivity (Wildman–Crippen MR) is 102 cm³/mol. The van der Waals surface area contributed by atoms with Crippen LogP contribution in [-0.4, -0.2) is 33.0 Å². The van der Waals surface area contributed by atoms with Gasteiger partial charge in [0.2, 0.25) is 12.5 Å². The van der Waals surface area contributed by atoms with Gasteiger partial charge in [0.15, 0.2) is 5.82 Å². The Morgan fingerprint density at radius 3 is 2.97 bits per heavy atom. The van der Waals surface area contributed by atoms with E-state index in [-0.39, 0.29) is 17.2 Å². The zero-order valence-corrected chi connectivity index (χ0v) is 15.4. The molecule has 0 radical (unpaired) electrons. The highest BCUT2D eigenvalue weighted by molar-refractivity contribution is 5.80. The number of nitrogens with zero attached hydrogens (tertiary/aromatic N) is 5. The number of halogens is 1. The number of benzene rings is 1. The number of hydrogen-bond donors (Lipinski definition) is 0. The average molecular weight is 393 g/mol. The van der Waals surface area contributed by atoms with E-state index >= 15 is 0 Å². The molecule has 1 atom stereocenters. The molecule has 0 bridgehead atoms. The third kappa shape index (κ3) is 4.18. The molecule has 0 N–H and O–H groups in total. The molecule has 4 aromatic rings. The lowest BCUT2D eigenvalue weighted by Crippen LogP contribution is -2.12. The maximum Gasteiger partial charge on any atom is 0.263 e. The van der Waals surface area contributed by atoms with Crippen molar-refractivity contribution in [3.8, 4) is 5.75 Å². The van der Waals surface area contributed by atoms with Gasteiger partial charge >= 0.3 is 0 Å². The van der Waals surface area contributed by atoms with Gasteiger partial charge in [-0.25, -0.2) is 4.39 Å². The van der Waals surface area contributed by atoms with Gasteiger partial charge in [0, 0.05) is 23.8 Å². The second-order valence-electron chi connectivity index (χ2n) is 5.92. The number of oxime groups is 1. The van der Waals surface area contributed by atoms with E-state index in [1.54, 1.807) is 42.7 Å². The SMILES string of the molecule is CCO/N=C/c1ccnc(C(Oc2cc(F)c3ncccc3c2)c2nnco2)c1. The minimum absolute atomic E-state index is 0.183. The Kier molecular flexibility index (Phi) is 5.37. The number of rotatable bonds is 7. The van der Waals surface area contributed by atoms with Crippen molar-refractivity contribution in [1.82, 2.24) is 20.2 Å². The van der Waals surface area contributed by atoms with Crippen LogP contribution < -0.4 is 4.74 Å². The average Bonchev–Trinajstić information content (AvgIpc) is 3.27. The van der Waals surface area contributed by atoms with Crippen LogP contribution in [0.1, 0.15) is 30.2 Å². The molecule has 3 heterocycles. The van der Waals surface area contributed by atoms with E-state index in [1.165, 1.54) is 18.7 Å². The monoisotopic (exact) mass is 393 g/mol. The number of ether oxygens (including phenoxy) is 1. The fourth-order valence-corrected chi connectivity index (χ4v) is 2.72. The summed E-state index contributed by atoms with van der Waals surface area (Å²) < 4.78 is 25.8.